The lowest BCUT2D eigenvalue weighted by Crippen LogP contribution is -2.33. The molecule has 4 heteroatoms. The third-order valence-electron chi connectivity index (χ3n) is 3.68. The van der Waals surface area contributed by atoms with Crippen LogP contribution in [0, 0.1) is 0 Å². The van der Waals surface area contributed by atoms with Gasteiger partial charge >= 0.3 is 0 Å². The van der Waals surface area contributed by atoms with Crippen LogP contribution < -0.4 is 16.0 Å². The molecule has 3 N–H and O–H groups in total. The van der Waals surface area contributed by atoms with E-state index in [-0.39, 0.29) is 5.91 Å². The van der Waals surface area contributed by atoms with E-state index in [1.807, 2.05) is 6.07 Å². The van der Waals surface area contributed by atoms with Crippen molar-refractivity contribution in [1.82, 2.24) is 10.6 Å². The lowest BCUT2D eigenvalue weighted by Gasteiger charge is -2.11. The van der Waals surface area contributed by atoms with Gasteiger partial charge in [-0.1, -0.05) is 12.1 Å². The molecule has 0 aromatic heterocycles. The second-order valence-corrected chi connectivity index (χ2v) is 5.14. The second kappa shape index (κ2) is 5.08. The fourth-order valence-corrected chi connectivity index (χ4v) is 2.71. The first-order chi connectivity index (χ1) is 8.81. The maximum Gasteiger partial charge on any atom is 0.228 e. The van der Waals surface area contributed by atoms with Crippen LogP contribution in [0.4, 0.5) is 5.69 Å². The molecule has 1 atom stereocenters. The Kier molecular flexibility index (Phi) is 3.30. The van der Waals surface area contributed by atoms with E-state index in [4.69, 9.17) is 0 Å². The number of hydrogen-bond donors (Lipinski definition) is 3. The van der Waals surface area contributed by atoms with E-state index in [2.05, 4.69) is 28.1 Å². The van der Waals surface area contributed by atoms with Crippen LogP contribution in [0.25, 0.3) is 0 Å². The minimum atomic E-state index is 0.102. The lowest BCUT2D eigenvalue weighted by molar-refractivity contribution is -0.115. The van der Waals surface area contributed by atoms with Crippen molar-refractivity contribution in [3.63, 3.8) is 0 Å². The van der Waals surface area contributed by atoms with Crippen molar-refractivity contribution in [2.75, 3.05) is 18.4 Å². The van der Waals surface area contributed by atoms with Crippen molar-refractivity contribution < 1.29 is 4.79 Å². The van der Waals surface area contributed by atoms with Gasteiger partial charge in [0.1, 0.15) is 0 Å². The summed E-state index contributed by atoms with van der Waals surface area (Å²) in [5.41, 5.74) is 3.35. The summed E-state index contributed by atoms with van der Waals surface area (Å²) in [7, 11) is 0. The summed E-state index contributed by atoms with van der Waals surface area (Å²) in [6, 6.07) is 6.84. The molecular formula is C14H19N3O. The number of carbonyl (C=O) groups excluding carboxylic acids is 1. The largest absolute Gasteiger partial charge is 0.326 e. The molecule has 2 heterocycles. The molecule has 3 rings (SSSR count). The highest BCUT2D eigenvalue weighted by Gasteiger charge is 2.17. The molecule has 1 aromatic rings. The highest BCUT2D eigenvalue weighted by molar-refractivity contribution is 5.99. The second-order valence-electron chi connectivity index (χ2n) is 5.14. The van der Waals surface area contributed by atoms with Crippen LogP contribution in [0.2, 0.25) is 0 Å². The van der Waals surface area contributed by atoms with Gasteiger partial charge in [0.25, 0.3) is 0 Å². The highest BCUT2D eigenvalue weighted by Crippen LogP contribution is 2.23. The number of rotatable bonds is 4. The smallest absolute Gasteiger partial charge is 0.228 e. The molecule has 1 saturated heterocycles. The van der Waals surface area contributed by atoms with Crippen molar-refractivity contribution in [2.45, 2.75) is 31.8 Å². The normalized spacial score (nSPS) is 22.0. The van der Waals surface area contributed by atoms with E-state index in [9.17, 15) is 4.79 Å². The molecule has 1 amide bonds. The molecule has 1 aromatic carbocycles. The number of fused-ring (bicyclic) bond motifs is 1. The number of amides is 1. The van der Waals surface area contributed by atoms with Gasteiger partial charge in [-0.3, -0.25) is 4.79 Å². The minimum Gasteiger partial charge on any atom is -0.326 e. The van der Waals surface area contributed by atoms with Gasteiger partial charge in [0, 0.05) is 24.8 Å². The molecule has 0 spiro atoms. The van der Waals surface area contributed by atoms with Gasteiger partial charge in [-0.25, -0.2) is 0 Å². The Morgan fingerprint density at radius 3 is 3.17 bits per heavy atom. The lowest BCUT2D eigenvalue weighted by atomic mass is 10.1. The summed E-state index contributed by atoms with van der Waals surface area (Å²) in [6.45, 7) is 3.05. The van der Waals surface area contributed by atoms with Crippen LogP contribution in [0.15, 0.2) is 18.2 Å². The van der Waals surface area contributed by atoms with Gasteiger partial charge in [-0.2, -0.15) is 0 Å². The zero-order valence-electron chi connectivity index (χ0n) is 10.5. The third kappa shape index (κ3) is 2.54. The number of carbonyl (C=O) groups is 1. The summed E-state index contributed by atoms with van der Waals surface area (Å²) in [5, 5.41) is 9.81. The average molecular weight is 245 g/mol. The van der Waals surface area contributed by atoms with E-state index >= 15 is 0 Å². The standard InChI is InChI=1S/C14H19N3O/c18-14-7-11-6-10(3-4-13(11)17-14)8-15-9-12-2-1-5-16-12/h3-4,6,12,15-16H,1-2,5,7-9H2,(H,17,18). The van der Waals surface area contributed by atoms with Crippen molar-refractivity contribution in [1.29, 1.82) is 0 Å². The Labute approximate surface area is 107 Å². The third-order valence-corrected chi connectivity index (χ3v) is 3.68. The molecule has 0 saturated carbocycles. The molecule has 2 aliphatic heterocycles. The van der Waals surface area contributed by atoms with Crippen molar-refractivity contribution >= 4 is 11.6 Å². The van der Waals surface area contributed by atoms with Gasteiger partial charge in [0.05, 0.1) is 6.42 Å². The topological polar surface area (TPSA) is 53.2 Å². The Hall–Kier alpha value is -1.39. The Morgan fingerprint density at radius 2 is 2.33 bits per heavy atom. The predicted octanol–water partition coefficient (Wildman–Crippen LogP) is 1.02. The highest BCUT2D eigenvalue weighted by atomic mass is 16.1. The number of hydrogen-bond acceptors (Lipinski definition) is 3. The molecule has 96 valence electrons. The SMILES string of the molecule is O=C1Cc2cc(CNCC3CCCN3)ccc2N1. The van der Waals surface area contributed by atoms with Crippen LogP contribution in [-0.4, -0.2) is 25.0 Å². The van der Waals surface area contributed by atoms with E-state index in [1.165, 1.54) is 18.4 Å². The summed E-state index contributed by atoms with van der Waals surface area (Å²) in [5.74, 6) is 0.102. The molecule has 1 fully saturated rings. The molecule has 0 bridgehead atoms. The van der Waals surface area contributed by atoms with Crippen molar-refractivity contribution in [2.24, 2.45) is 0 Å². The van der Waals surface area contributed by atoms with Crippen LogP contribution in [0.3, 0.4) is 0 Å². The predicted molar refractivity (Wildman–Crippen MR) is 71.5 cm³/mol. The van der Waals surface area contributed by atoms with Gasteiger partial charge in [0.2, 0.25) is 5.91 Å². The van der Waals surface area contributed by atoms with Gasteiger partial charge in [-0.15, -0.1) is 0 Å². The minimum absolute atomic E-state index is 0.102. The molecule has 18 heavy (non-hydrogen) atoms. The summed E-state index contributed by atoms with van der Waals surface area (Å²) in [6.07, 6.45) is 3.09. The molecule has 1 unspecified atom stereocenters. The van der Waals surface area contributed by atoms with Crippen LogP contribution in [-0.2, 0) is 17.8 Å². The Bertz CT molecular complexity index is 452. The summed E-state index contributed by atoms with van der Waals surface area (Å²) in [4.78, 5) is 11.3. The zero-order chi connectivity index (χ0) is 12.4. The van der Waals surface area contributed by atoms with Crippen LogP contribution >= 0.6 is 0 Å². The van der Waals surface area contributed by atoms with Gasteiger partial charge < -0.3 is 16.0 Å². The fourth-order valence-electron chi connectivity index (χ4n) is 2.71. The first-order valence-corrected chi connectivity index (χ1v) is 6.67. The van der Waals surface area contributed by atoms with E-state index in [1.54, 1.807) is 0 Å². The van der Waals surface area contributed by atoms with Crippen molar-refractivity contribution in [3.8, 4) is 0 Å². The van der Waals surface area contributed by atoms with E-state index in [0.717, 1.165) is 30.9 Å². The molecular weight excluding hydrogens is 226 g/mol. The van der Waals surface area contributed by atoms with Gasteiger partial charge in [-0.05, 0) is 36.6 Å². The molecule has 0 aliphatic carbocycles. The maximum absolute atomic E-state index is 11.3. The summed E-state index contributed by atoms with van der Waals surface area (Å²) >= 11 is 0. The Morgan fingerprint density at radius 1 is 1.39 bits per heavy atom. The molecule has 4 nitrogen and oxygen atoms in total. The van der Waals surface area contributed by atoms with E-state index < -0.39 is 0 Å². The molecule has 0 radical (unpaired) electrons. The first kappa shape index (κ1) is 11.7. The fraction of sp³-hybridized carbons (Fsp3) is 0.500. The van der Waals surface area contributed by atoms with Gasteiger partial charge in [0.15, 0.2) is 0 Å². The summed E-state index contributed by atoms with van der Waals surface area (Å²) < 4.78 is 0. The first-order valence-electron chi connectivity index (χ1n) is 6.67. The van der Waals surface area contributed by atoms with E-state index in [0.29, 0.717) is 12.5 Å². The van der Waals surface area contributed by atoms with Crippen LogP contribution in [0.5, 0.6) is 0 Å². The van der Waals surface area contributed by atoms with Crippen molar-refractivity contribution in [3.05, 3.63) is 29.3 Å². The molecule has 2 aliphatic rings. The quantitative estimate of drug-likeness (QED) is 0.742. The monoisotopic (exact) mass is 245 g/mol. The number of nitrogens with one attached hydrogen (secondary N) is 3. The average Bonchev–Trinajstić information content (AvgIpc) is 2.96. The maximum atomic E-state index is 11.3. The number of anilines is 1. The number of benzene rings is 1. The van der Waals surface area contributed by atoms with Crippen LogP contribution in [0.1, 0.15) is 24.0 Å². The Balaban J connectivity index is 1.54. The zero-order valence-corrected chi connectivity index (χ0v) is 10.5.